The summed E-state index contributed by atoms with van der Waals surface area (Å²) in [6.07, 6.45) is 1.12. The molecule has 0 bridgehead atoms. The third-order valence-electron chi connectivity index (χ3n) is 3.04. The van der Waals surface area contributed by atoms with Crippen molar-refractivity contribution in [3.8, 4) is 11.5 Å². The minimum Gasteiger partial charge on any atom is -0.454 e. The van der Waals surface area contributed by atoms with Crippen LogP contribution in [0.4, 0.5) is 0 Å². The van der Waals surface area contributed by atoms with Gasteiger partial charge in [0.2, 0.25) is 6.79 Å². The van der Waals surface area contributed by atoms with Crippen molar-refractivity contribution in [2.45, 2.75) is 32.6 Å². The number of benzene rings is 1. The van der Waals surface area contributed by atoms with Crippen LogP contribution in [0.2, 0.25) is 0 Å². The van der Waals surface area contributed by atoms with Crippen LogP contribution in [-0.4, -0.2) is 6.79 Å². The van der Waals surface area contributed by atoms with Gasteiger partial charge < -0.3 is 9.47 Å². The molecule has 1 heterocycles. The molecule has 0 saturated carbocycles. The van der Waals surface area contributed by atoms with Gasteiger partial charge in [-0.1, -0.05) is 26.8 Å². The summed E-state index contributed by atoms with van der Waals surface area (Å²) in [7, 11) is 0. The van der Waals surface area contributed by atoms with Gasteiger partial charge in [0.1, 0.15) is 0 Å². The molecule has 0 spiro atoms. The normalized spacial score (nSPS) is 14.5. The van der Waals surface area contributed by atoms with Crippen LogP contribution in [0.25, 0.3) is 0 Å². The monoisotopic (exact) mass is 192 g/mol. The van der Waals surface area contributed by atoms with Gasteiger partial charge in [-0.15, -0.1) is 0 Å². The molecular formula is C12H16O2. The molecule has 0 fully saturated rings. The standard InChI is InChI=1S/C12H16O2/c1-4-12(2,3)9-5-6-10-11(7-9)14-8-13-10/h5-7H,4,8H2,1-3H3. The predicted octanol–water partition coefficient (Wildman–Crippen LogP) is 3.10. The molecule has 1 aliphatic rings. The Hall–Kier alpha value is -1.18. The van der Waals surface area contributed by atoms with Crippen LogP contribution in [0, 0.1) is 0 Å². The molecule has 0 amide bonds. The van der Waals surface area contributed by atoms with Gasteiger partial charge in [0, 0.05) is 0 Å². The summed E-state index contributed by atoms with van der Waals surface area (Å²) in [6.45, 7) is 7.03. The Morgan fingerprint density at radius 3 is 2.64 bits per heavy atom. The second-order valence-electron chi connectivity index (χ2n) is 4.31. The molecule has 2 heteroatoms. The summed E-state index contributed by atoms with van der Waals surface area (Å²) < 4.78 is 10.6. The molecule has 0 saturated heterocycles. The molecule has 1 aromatic carbocycles. The Morgan fingerprint density at radius 2 is 1.93 bits per heavy atom. The molecule has 14 heavy (non-hydrogen) atoms. The summed E-state index contributed by atoms with van der Waals surface area (Å²) in [6, 6.07) is 6.21. The Bertz CT molecular complexity index is 342. The number of ether oxygens (including phenoxy) is 2. The maximum atomic E-state index is 5.36. The summed E-state index contributed by atoms with van der Waals surface area (Å²) in [5.41, 5.74) is 1.52. The highest BCUT2D eigenvalue weighted by Crippen LogP contribution is 2.37. The van der Waals surface area contributed by atoms with Crippen LogP contribution in [0.5, 0.6) is 11.5 Å². The maximum Gasteiger partial charge on any atom is 0.231 e. The average Bonchev–Trinajstić information content (AvgIpc) is 2.64. The second-order valence-corrected chi connectivity index (χ2v) is 4.31. The molecular weight excluding hydrogens is 176 g/mol. The minimum atomic E-state index is 0.209. The van der Waals surface area contributed by atoms with E-state index in [1.807, 2.05) is 6.07 Å². The first-order valence-corrected chi connectivity index (χ1v) is 5.03. The van der Waals surface area contributed by atoms with E-state index in [2.05, 4.69) is 32.9 Å². The highest BCUT2D eigenvalue weighted by atomic mass is 16.7. The van der Waals surface area contributed by atoms with E-state index in [1.54, 1.807) is 0 Å². The van der Waals surface area contributed by atoms with Crippen molar-refractivity contribution in [1.29, 1.82) is 0 Å². The third-order valence-corrected chi connectivity index (χ3v) is 3.04. The first-order chi connectivity index (χ1) is 6.63. The van der Waals surface area contributed by atoms with Crippen molar-refractivity contribution in [2.24, 2.45) is 0 Å². The zero-order valence-electron chi connectivity index (χ0n) is 8.96. The van der Waals surface area contributed by atoms with Gasteiger partial charge in [0.25, 0.3) is 0 Å². The van der Waals surface area contributed by atoms with E-state index in [0.29, 0.717) is 6.79 Å². The number of rotatable bonds is 2. The summed E-state index contributed by atoms with van der Waals surface area (Å²) in [4.78, 5) is 0. The molecule has 0 N–H and O–H groups in total. The number of hydrogen-bond donors (Lipinski definition) is 0. The van der Waals surface area contributed by atoms with Crippen LogP contribution in [-0.2, 0) is 5.41 Å². The fourth-order valence-electron chi connectivity index (χ4n) is 1.52. The van der Waals surface area contributed by atoms with Crippen molar-refractivity contribution in [3.63, 3.8) is 0 Å². The molecule has 2 nitrogen and oxygen atoms in total. The summed E-state index contributed by atoms with van der Waals surface area (Å²) in [5, 5.41) is 0. The van der Waals surface area contributed by atoms with Crippen molar-refractivity contribution < 1.29 is 9.47 Å². The van der Waals surface area contributed by atoms with E-state index in [4.69, 9.17) is 9.47 Å². The van der Waals surface area contributed by atoms with Crippen LogP contribution in [0.3, 0.4) is 0 Å². The molecule has 1 aliphatic heterocycles. The fraction of sp³-hybridized carbons (Fsp3) is 0.500. The Kier molecular flexibility index (Phi) is 2.14. The van der Waals surface area contributed by atoms with Crippen molar-refractivity contribution in [2.75, 3.05) is 6.79 Å². The van der Waals surface area contributed by atoms with Gasteiger partial charge >= 0.3 is 0 Å². The van der Waals surface area contributed by atoms with Crippen LogP contribution < -0.4 is 9.47 Å². The van der Waals surface area contributed by atoms with Crippen molar-refractivity contribution >= 4 is 0 Å². The lowest BCUT2D eigenvalue weighted by atomic mass is 9.82. The molecule has 0 aromatic heterocycles. The highest BCUT2D eigenvalue weighted by molar-refractivity contribution is 5.46. The molecule has 2 rings (SSSR count). The maximum absolute atomic E-state index is 5.36. The van der Waals surface area contributed by atoms with Gasteiger partial charge in [-0.2, -0.15) is 0 Å². The number of fused-ring (bicyclic) bond motifs is 1. The molecule has 0 atom stereocenters. The smallest absolute Gasteiger partial charge is 0.231 e. The zero-order chi connectivity index (χ0) is 10.2. The fourth-order valence-corrected chi connectivity index (χ4v) is 1.52. The lowest BCUT2D eigenvalue weighted by molar-refractivity contribution is 0.174. The lowest BCUT2D eigenvalue weighted by Gasteiger charge is -2.23. The van der Waals surface area contributed by atoms with Crippen LogP contribution in [0.1, 0.15) is 32.8 Å². The Morgan fingerprint density at radius 1 is 1.21 bits per heavy atom. The van der Waals surface area contributed by atoms with Gasteiger partial charge in [0.05, 0.1) is 0 Å². The molecule has 0 radical (unpaired) electrons. The SMILES string of the molecule is CCC(C)(C)c1ccc2c(c1)OCO2. The molecule has 0 aliphatic carbocycles. The summed E-state index contributed by atoms with van der Waals surface area (Å²) in [5.74, 6) is 1.74. The Labute approximate surface area is 84.8 Å². The minimum absolute atomic E-state index is 0.209. The largest absolute Gasteiger partial charge is 0.454 e. The van der Waals surface area contributed by atoms with Gasteiger partial charge in [-0.05, 0) is 29.5 Å². The second kappa shape index (κ2) is 3.19. The van der Waals surface area contributed by atoms with E-state index >= 15 is 0 Å². The van der Waals surface area contributed by atoms with Crippen molar-refractivity contribution in [1.82, 2.24) is 0 Å². The molecule has 76 valence electrons. The van der Waals surface area contributed by atoms with E-state index in [9.17, 15) is 0 Å². The van der Waals surface area contributed by atoms with E-state index in [0.717, 1.165) is 17.9 Å². The third kappa shape index (κ3) is 1.45. The zero-order valence-corrected chi connectivity index (χ0v) is 8.96. The highest BCUT2D eigenvalue weighted by Gasteiger charge is 2.21. The average molecular weight is 192 g/mol. The van der Waals surface area contributed by atoms with E-state index < -0.39 is 0 Å². The topological polar surface area (TPSA) is 18.5 Å². The quantitative estimate of drug-likeness (QED) is 0.716. The first kappa shape index (κ1) is 9.38. The first-order valence-electron chi connectivity index (χ1n) is 5.03. The van der Waals surface area contributed by atoms with Gasteiger partial charge in [-0.3, -0.25) is 0 Å². The van der Waals surface area contributed by atoms with Gasteiger partial charge in [-0.25, -0.2) is 0 Å². The van der Waals surface area contributed by atoms with Crippen LogP contribution >= 0.6 is 0 Å². The van der Waals surface area contributed by atoms with Gasteiger partial charge in [0.15, 0.2) is 11.5 Å². The predicted molar refractivity (Wildman–Crippen MR) is 55.9 cm³/mol. The lowest BCUT2D eigenvalue weighted by Crippen LogP contribution is -2.14. The summed E-state index contributed by atoms with van der Waals surface area (Å²) >= 11 is 0. The number of hydrogen-bond acceptors (Lipinski definition) is 2. The van der Waals surface area contributed by atoms with E-state index in [-0.39, 0.29) is 5.41 Å². The molecule has 1 aromatic rings. The van der Waals surface area contributed by atoms with E-state index in [1.165, 1.54) is 5.56 Å². The van der Waals surface area contributed by atoms with Crippen LogP contribution in [0.15, 0.2) is 18.2 Å². The van der Waals surface area contributed by atoms with Crippen molar-refractivity contribution in [3.05, 3.63) is 23.8 Å². The molecule has 0 unspecified atom stereocenters. The Balaban J connectivity index is 2.38.